The molecule has 0 atom stereocenters. The van der Waals surface area contributed by atoms with Gasteiger partial charge in [0.2, 0.25) is 0 Å². The summed E-state index contributed by atoms with van der Waals surface area (Å²) in [6.45, 7) is -0.345. The van der Waals surface area contributed by atoms with Gasteiger partial charge in [-0.15, -0.1) is 0 Å². The number of nitrogens with two attached hydrogens (primary N) is 1. The Morgan fingerprint density at radius 1 is 1.39 bits per heavy atom. The third kappa shape index (κ3) is 2.81. The zero-order chi connectivity index (χ0) is 13.3. The van der Waals surface area contributed by atoms with E-state index in [1.807, 2.05) is 0 Å². The van der Waals surface area contributed by atoms with Gasteiger partial charge in [0.25, 0.3) is 0 Å². The van der Waals surface area contributed by atoms with Crippen LogP contribution in [0.3, 0.4) is 0 Å². The molecule has 1 aliphatic rings. The van der Waals surface area contributed by atoms with Crippen LogP contribution in [0.15, 0.2) is 18.2 Å². The van der Waals surface area contributed by atoms with Gasteiger partial charge in [-0.2, -0.15) is 13.2 Å². The van der Waals surface area contributed by atoms with E-state index in [2.05, 4.69) is 0 Å². The zero-order valence-electron chi connectivity index (χ0n) is 9.46. The van der Waals surface area contributed by atoms with Crippen LogP contribution in [0.1, 0.15) is 28.8 Å². The summed E-state index contributed by atoms with van der Waals surface area (Å²) in [5, 5.41) is 0. The van der Waals surface area contributed by atoms with Crippen molar-refractivity contribution < 1.29 is 22.7 Å². The molecule has 0 aromatic heterocycles. The van der Waals surface area contributed by atoms with E-state index in [1.165, 1.54) is 6.07 Å². The first-order valence-corrected chi connectivity index (χ1v) is 5.53. The second-order valence-electron chi connectivity index (χ2n) is 4.15. The van der Waals surface area contributed by atoms with E-state index in [1.54, 1.807) is 0 Å². The predicted molar refractivity (Wildman–Crippen MR) is 58.5 cm³/mol. The molecular weight excluding hydrogens is 247 g/mol. The van der Waals surface area contributed by atoms with Gasteiger partial charge in [-0.05, 0) is 31.0 Å². The molecule has 1 fully saturated rings. The largest absolute Gasteiger partial charge is 0.490 e. The van der Waals surface area contributed by atoms with Gasteiger partial charge in [-0.25, -0.2) is 0 Å². The van der Waals surface area contributed by atoms with Crippen molar-refractivity contribution >= 4 is 5.78 Å². The Hall–Kier alpha value is -1.56. The summed E-state index contributed by atoms with van der Waals surface area (Å²) in [6.07, 6.45) is -2.76. The minimum Gasteiger partial charge on any atom is -0.490 e. The Bertz CT molecular complexity index is 467. The van der Waals surface area contributed by atoms with E-state index < -0.39 is 17.5 Å². The number of hydrogen-bond acceptors (Lipinski definition) is 3. The lowest BCUT2D eigenvalue weighted by atomic mass is 10.1. The summed E-state index contributed by atoms with van der Waals surface area (Å²) in [5.41, 5.74) is 4.22. The molecule has 0 heterocycles. The number of Topliss-reactive ketones (excluding diaryl/α,β-unsaturated/α-hetero) is 1. The molecule has 1 aromatic carbocycles. The van der Waals surface area contributed by atoms with Crippen molar-refractivity contribution in [3.63, 3.8) is 0 Å². The highest BCUT2D eigenvalue weighted by atomic mass is 19.4. The van der Waals surface area contributed by atoms with Crippen LogP contribution in [0, 0.1) is 0 Å². The van der Waals surface area contributed by atoms with Crippen molar-refractivity contribution in [2.24, 2.45) is 5.73 Å². The topological polar surface area (TPSA) is 52.3 Å². The van der Waals surface area contributed by atoms with Crippen molar-refractivity contribution in [1.29, 1.82) is 0 Å². The number of alkyl halides is 3. The van der Waals surface area contributed by atoms with Gasteiger partial charge in [0.05, 0.1) is 23.8 Å². The van der Waals surface area contributed by atoms with Crippen LogP contribution >= 0.6 is 0 Å². The van der Waals surface area contributed by atoms with Gasteiger partial charge in [-0.3, -0.25) is 4.79 Å². The molecule has 0 spiro atoms. The Labute approximate surface area is 102 Å². The fourth-order valence-electron chi connectivity index (χ4n) is 1.50. The first kappa shape index (κ1) is 12.9. The predicted octanol–water partition coefficient (Wildman–Crippen LogP) is 2.39. The monoisotopic (exact) mass is 259 g/mol. The van der Waals surface area contributed by atoms with Crippen LogP contribution in [0.4, 0.5) is 13.2 Å². The average Bonchev–Trinajstić information content (AvgIpc) is 3.11. The average molecular weight is 259 g/mol. The van der Waals surface area contributed by atoms with Crippen LogP contribution in [0.5, 0.6) is 5.75 Å². The van der Waals surface area contributed by atoms with Gasteiger partial charge >= 0.3 is 6.18 Å². The Morgan fingerprint density at radius 3 is 2.56 bits per heavy atom. The van der Waals surface area contributed by atoms with Crippen LogP contribution in [0.2, 0.25) is 0 Å². The van der Waals surface area contributed by atoms with Crippen molar-refractivity contribution in [3.05, 3.63) is 29.3 Å². The number of hydrogen-bond donors (Lipinski definition) is 1. The van der Waals surface area contributed by atoms with Crippen molar-refractivity contribution in [3.8, 4) is 5.75 Å². The van der Waals surface area contributed by atoms with Crippen LogP contribution in [0.25, 0.3) is 0 Å². The van der Waals surface area contributed by atoms with E-state index in [-0.39, 0.29) is 24.0 Å². The summed E-state index contributed by atoms with van der Waals surface area (Å²) in [5.74, 6) is -0.377. The molecule has 0 unspecified atom stereocenters. The molecule has 1 aromatic rings. The van der Waals surface area contributed by atoms with E-state index in [4.69, 9.17) is 10.5 Å². The molecule has 1 aliphatic carbocycles. The van der Waals surface area contributed by atoms with Crippen LogP contribution in [-0.4, -0.2) is 18.4 Å². The number of rotatable bonds is 4. The van der Waals surface area contributed by atoms with E-state index >= 15 is 0 Å². The number of carbonyl (C=O) groups excluding carboxylic acids is 1. The number of carbonyl (C=O) groups is 1. The lowest BCUT2D eigenvalue weighted by molar-refractivity contribution is -0.137. The highest BCUT2D eigenvalue weighted by Gasteiger charge is 2.33. The van der Waals surface area contributed by atoms with Crippen molar-refractivity contribution in [1.82, 2.24) is 0 Å². The molecule has 1 saturated carbocycles. The maximum atomic E-state index is 12.6. The minimum atomic E-state index is -4.48. The van der Waals surface area contributed by atoms with Crippen molar-refractivity contribution in [2.45, 2.75) is 25.1 Å². The van der Waals surface area contributed by atoms with Gasteiger partial charge in [0.15, 0.2) is 5.78 Å². The maximum Gasteiger partial charge on any atom is 0.416 e. The van der Waals surface area contributed by atoms with E-state index in [0.717, 1.165) is 25.0 Å². The maximum absolute atomic E-state index is 12.6. The molecule has 18 heavy (non-hydrogen) atoms. The summed E-state index contributed by atoms with van der Waals surface area (Å²) in [4.78, 5) is 11.5. The molecule has 0 radical (unpaired) electrons. The fourth-order valence-corrected chi connectivity index (χ4v) is 1.50. The minimum absolute atomic E-state index is 0.00561. The molecule has 0 amide bonds. The Balaban J connectivity index is 2.37. The molecule has 6 heteroatoms. The number of halogens is 3. The van der Waals surface area contributed by atoms with Crippen LogP contribution in [-0.2, 0) is 6.18 Å². The Kier molecular flexibility index (Phi) is 3.30. The summed E-state index contributed by atoms with van der Waals surface area (Å²) >= 11 is 0. The molecule has 0 bridgehead atoms. The van der Waals surface area contributed by atoms with Crippen molar-refractivity contribution in [2.75, 3.05) is 6.54 Å². The molecule has 0 aliphatic heterocycles. The molecule has 2 N–H and O–H groups in total. The molecule has 2 rings (SSSR count). The summed E-state index contributed by atoms with van der Waals surface area (Å²) in [6, 6.07) is 2.89. The highest BCUT2D eigenvalue weighted by molar-refractivity contribution is 6.00. The smallest absolute Gasteiger partial charge is 0.416 e. The first-order chi connectivity index (χ1) is 8.41. The number of ether oxygens (including phenoxy) is 1. The standard InChI is InChI=1S/C12H12F3NO2/c13-12(14,15)7-1-4-11(18-8-2-3-8)9(5-7)10(17)6-16/h1,4-5,8H,2-3,6,16H2. The summed E-state index contributed by atoms with van der Waals surface area (Å²) < 4.78 is 43.1. The Morgan fingerprint density at radius 2 is 2.06 bits per heavy atom. The number of benzene rings is 1. The number of ketones is 1. The quantitative estimate of drug-likeness (QED) is 0.845. The second kappa shape index (κ2) is 4.61. The zero-order valence-corrected chi connectivity index (χ0v) is 9.46. The fraction of sp³-hybridized carbons (Fsp3) is 0.417. The van der Waals surface area contributed by atoms with Crippen LogP contribution < -0.4 is 10.5 Å². The molecular formula is C12H12F3NO2. The normalized spacial score (nSPS) is 15.6. The lowest BCUT2D eigenvalue weighted by Gasteiger charge is -2.13. The van der Waals surface area contributed by atoms with Gasteiger partial charge < -0.3 is 10.5 Å². The van der Waals surface area contributed by atoms with Gasteiger partial charge in [0, 0.05) is 0 Å². The van der Waals surface area contributed by atoms with E-state index in [9.17, 15) is 18.0 Å². The van der Waals surface area contributed by atoms with Gasteiger partial charge in [-0.1, -0.05) is 0 Å². The summed E-state index contributed by atoms with van der Waals surface area (Å²) in [7, 11) is 0. The second-order valence-corrected chi connectivity index (χ2v) is 4.15. The highest BCUT2D eigenvalue weighted by Crippen LogP contribution is 2.35. The molecule has 98 valence electrons. The lowest BCUT2D eigenvalue weighted by Crippen LogP contribution is -2.17. The third-order valence-corrected chi connectivity index (χ3v) is 2.61. The first-order valence-electron chi connectivity index (χ1n) is 5.53. The van der Waals surface area contributed by atoms with Gasteiger partial charge in [0.1, 0.15) is 5.75 Å². The molecule has 0 saturated heterocycles. The third-order valence-electron chi connectivity index (χ3n) is 2.61. The van der Waals surface area contributed by atoms with E-state index in [0.29, 0.717) is 0 Å². The molecule has 3 nitrogen and oxygen atoms in total. The SMILES string of the molecule is NCC(=O)c1cc(C(F)(F)F)ccc1OC1CC1.